The van der Waals surface area contributed by atoms with Gasteiger partial charge >= 0.3 is 5.97 Å². The quantitative estimate of drug-likeness (QED) is 0.422. The number of carbonyl (C=O) groups is 1. The monoisotopic (exact) mass is 528 g/mol. The smallest absolute Gasteiger partial charge is 0.306 e. The van der Waals surface area contributed by atoms with Crippen molar-refractivity contribution in [2.75, 3.05) is 45.3 Å². The van der Waals surface area contributed by atoms with Gasteiger partial charge in [-0.25, -0.2) is 0 Å². The van der Waals surface area contributed by atoms with Gasteiger partial charge in [0.2, 0.25) is 11.2 Å². The number of phenolic OH excluding ortho intramolecular Hbond substituents is 1. The topological polar surface area (TPSA) is 113 Å². The molecule has 37 heavy (non-hydrogen) atoms. The van der Waals surface area contributed by atoms with Gasteiger partial charge in [0.15, 0.2) is 5.76 Å². The normalized spacial score (nSPS) is 14.8. The Morgan fingerprint density at radius 3 is 2.38 bits per heavy atom. The van der Waals surface area contributed by atoms with Crippen LogP contribution in [-0.4, -0.2) is 61.5 Å². The Hall–Kier alpha value is -3.69. The highest BCUT2D eigenvalue weighted by Crippen LogP contribution is 2.36. The van der Waals surface area contributed by atoms with Gasteiger partial charge < -0.3 is 29.0 Å². The van der Waals surface area contributed by atoms with Gasteiger partial charge in [-0.2, -0.15) is 0 Å². The van der Waals surface area contributed by atoms with E-state index in [4.69, 9.17) is 25.5 Å². The molecule has 0 aliphatic carbocycles. The molecule has 1 aromatic heterocycles. The highest BCUT2D eigenvalue weighted by Gasteiger charge is 2.28. The number of aromatic hydroxyl groups is 2. The molecular weight excluding hydrogens is 500 g/mol. The largest absolute Gasteiger partial charge is 0.506 e. The Bertz CT molecular complexity index is 1300. The lowest BCUT2D eigenvalue weighted by molar-refractivity contribution is -0.140. The molecule has 3 aromatic rings. The molecule has 0 radical (unpaired) electrons. The van der Waals surface area contributed by atoms with Gasteiger partial charge in [-0.15, -0.1) is 0 Å². The maximum Gasteiger partial charge on any atom is 0.306 e. The highest BCUT2D eigenvalue weighted by molar-refractivity contribution is 6.32. The van der Waals surface area contributed by atoms with Crippen molar-refractivity contribution >= 4 is 23.3 Å². The minimum absolute atomic E-state index is 0.0495. The van der Waals surface area contributed by atoms with E-state index in [1.807, 2.05) is 24.3 Å². The van der Waals surface area contributed by atoms with Crippen LogP contribution in [0.4, 0.5) is 5.69 Å². The number of anilines is 1. The summed E-state index contributed by atoms with van der Waals surface area (Å²) in [4.78, 5) is 29.3. The first-order valence-corrected chi connectivity index (χ1v) is 12.2. The SMILES string of the molecule is COC(=O)C[C@@H](c1ccc(O)c(Cl)c1)c1oc(CN2CCN(c3ccc(OC)cc3)CC2)cc(=O)c1O. The minimum atomic E-state index is -0.842. The summed E-state index contributed by atoms with van der Waals surface area (Å²) in [6.07, 6.45) is -0.196. The van der Waals surface area contributed by atoms with Crippen LogP contribution in [0.3, 0.4) is 0 Å². The number of hydrogen-bond donors (Lipinski definition) is 2. The third-order valence-electron chi connectivity index (χ3n) is 6.48. The fraction of sp³-hybridized carbons (Fsp3) is 0.333. The van der Waals surface area contributed by atoms with Crippen LogP contribution in [-0.2, 0) is 16.1 Å². The first-order chi connectivity index (χ1) is 17.8. The van der Waals surface area contributed by atoms with Crippen molar-refractivity contribution < 1.29 is 28.9 Å². The predicted octanol–water partition coefficient (Wildman–Crippen LogP) is 3.73. The van der Waals surface area contributed by atoms with Crippen LogP contribution in [0.5, 0.6) is 17.2 Å². The van der Waals surface area contributed by atoms with Gasteiger partial charge in [0.1, 0.15) is 17.3 Å². The molecule has 0 unspecified atom stereocenters. The summed E-state index contributed by atoms with van der Waals surface area (Å²) in [6.45, 7) is 3.42. The Kier molecular flexibility index (Phi) is 8.25. The number of ether oxygens (including phenoxy) is 2. The van der Waals surface area contributed by atoms with E-state index >= 15 is 0 Å². The Balaban J connectivity index is 1.54. The Labute approximate surface area is 219 Å². The van der Waals surface area contributed by atoms with Crippen LogP contribution in [0, 0.1) is 0 Å². The van der Waals surface area contributed by atoms with E-state index in [0.29, 0.717) is 17.9 Å². The molecule has 1 atom stereocenters. The van der Waals surface area contributed by atoms with Gasteiger partial charge in [0.05, 0.1) is 38.1 Å². The second-order valence-electron chi connectivity index (χ2n) is 8.79. The number of phenols is 1. The molecule has 196 valence electrons. The van der Waals surface area contributed by atoms with E-state index < -0.39 is 23.1 Å². The van der Waals surface area contributed by atoms with Gasteiger partial charge in [-0.1, -0.05) is 17.7 Å². The fourth-order valence-electron chi connectivity index (χ4n) is 4.40. The molecule has 0 amide bonds. The molecule has 1 fully saturated rings. The summed E-state index contributed by atoms with van der Waals surface area (Å²) in [5.41, 5.74) is 0.988. The number of piperazine rings is 1. The lowest BCUT2D eigenvalue weighted by Crippen LogP contribution is -2.46. The molecule has 1 aliphatic rings. The van der Waals surface area contributed by atoms with Crippen LogP contribution in [0.15, 0.2) is 57.7 Å². The van der Waals surface area contributed by atoms with Crippen molar-refractivity contribution in [1.82, 2.24) is 4.90 Å². The number of hydrogen-bond acceptors (Lipinski definition) is 9. The molecule has 1 saturated heterocycles. The Morgan fingerprint density at radius 2 is 1.76 bits per heavy atom. The summed E-state index contributed by atoms with van der Waals surface area (Å²) in [5, 5.41) is 20.5. The molecule has 10 heteroatoms. The molecule has 1 aliphatic heterocycles. The molecule has 9 nitrogen and oxygen atoms in total. The van der Waals surface area contributed by atoms with Gasteiger partial charge in [0, 0.05) is 37.9 Å². The maximum atomic E-state index is 12.7. The molecule has 0 spiro atoms. The van der Waals surface area contributed by atoms with E-state index in [1.165, 1.54) is 25.3 Å². The van der Waals surface area contributed by atoms with Crippen molar-refractivity contribution in [3.63, 3.8) is 0 Å². The average molecular weight is 529 g/mol. The third kappa shape index (κ3) is 6.18. The molecule has 0 saturated carbocycles. The summed E-state index contributed by atoms with van der Waals surface area (Å²) in [5.74, 6) is -0.981. The summed E-state index contributed by atoms with van der Waals surface area (Å²) < 4.78 is 16.1. The minimum Gasteiger partial charge on any atom is -0.506 e. The molecular formula is C27H29ClN2O7. The third-order valence-corrected chi connectivity index (χ3v) is 6.78. The number of halogens is 1. The molecule has 2 aromatic carbocycles. The molecule has 4 rings (SSSR count). The molecule has 2 N–H and O–H groups in total. The van der Waals surface area contributed by atoms with E-state index in [2.05, 4.69) is 9.80 Å². The van der Waals surface area contributed by atoms with Crippen LogP contribution in [0.2, 0.25) is 5.02 Å². The predicted molar refractivity (Wildman–Crippen MR) is 139 cm³/mol. The first kappa shape index (κ1) is 26.4. The number of methoxy groups -OCH3 is 2. The van der Waals surface area contributed by atoms with Crippen molar-refractivity contribution in [3.05, 3.63) is 80.9 Å². The van der Waals surface area contributed by atoms with E-state index in [-0.39, 0.29) is 23.0 Å². The fourth-order valence-corrected chi connectivity index (χ4v) is 4.59. The van der Waals surface area contributed by atoms with Crippen LogP contribution in [0.1, 0.15) is 29.4 Å². The van der Waals surface area contributed by atoms with Crippen molar-refractivity contribution in [1.29, 1.82) is 0 Å². The van der Waals surface area contributed by atoms with Gasteiger partial charge in [-0.3, -0.25) is 14.5 Å². The molecule has 2 heterocycles. The summed E-state index contributed by atoms with van der Waals surface area (Å²) >= 11 is 6.08. The number of rotatable bonds is 8. The number of benzene rings is 2. The Morgan fingerprint density at radius 1 is 1.05 bits per heavy atom. The van der Waals surface area contributed by atoms with Crippen LogP contribution < -0.4 is 15.1 Å². The summed E-state index contributed by atoms with van der Waals surface area (Å²) in [6, 6.07) is 13.6. The van der Waals surface area contributed by atoms with E-state index in [9.17, 15) is 19.8 Å². The number of nitrogens with zero attached hydrogens (tertiary/aromatic N) is 2. The first-order valence-electron chi connectivity index (χ1n) is 11.8. The highest BCUT2D eigenvalue weighted by atomic mass is 35.5. The maximum absolute atomic E-state index is 12.7. The van der Waals surface area contributed by atoms with Crippen molar-refractivity contribution in [3.8, 4) is 17.2 Å². The summed E-state index contributed by atoms with van der Waals surface area (Å²) in [7, 11) is 2.89. The van der Waals surface area contributed by atoms with Gasteiger partial charge in [0.25, 0.3) is 0 Å². The lowest BCUT2D eigenvalue weighted by Gasteiger charge is -2.36. The average Bonchev–Trinajstić information content (AvgIpc) is 2.91. The molecule has 0 bridgehead atoms. The van der Waals surface area contributed by atoms with Gasteiger partial charge in [-0.05, 0) is 42.0 Å². The van der Waals surface area contributed by atoms with Crippen molar-refractivity contribution in [2.45, 2.75) is 18.9 Å². The zero-order valence-electron chi connectivity index (χ0n) is 20.6. The second-order valence-corrected chi connectivity index (χ2v) is 9.20. The lowest BCUT2D eigenvalue weighted by atomic mass is 9.92. The van der Waals surface area contributed by atoms with Crippen LogP contribution in [0.25, 0.3) is 0 Å². The standard InChI is InChI=1S/C27H29ClN2O7/c1-35-19-6-4-18(5-7-19)30-11-9-29(10-12-30)16-20-14-24(32)26(34)27(37-20)21(15-25(33)36-2)17-3-8-23(31)22(28)13-17/h3-8,13-14,21,31,34H,9-12,15-16H2,1-2H3/t21-/m0/s1. The second kappa shape index (κ2) is 11.6. The number of carbonyl (C=O) groups excluding carboxylic acids is 1. The van der Waals surface area contributed by atoms with Crippen LogP contribution >= 0.6 is 11.6 Å². The zero-order valence-corrected chi connectivity index (χ0v) is 21.4. The zero-order chi connectivity index (χ0) is 26.5. The number of esters is 1. The van der Waals surface area contributed by atoms with E-state index in [1.54, 1.807) is 13.2 Å². The van der Waals surface area contributed by atoms with Crippen molar-refractivity contribution in [2.24, 2.45) is 0 Å². The van der Waals surface area contributed by atoms with E-state index in [0.717, 1.165) is 37.6 Å².